The minimum absolute atomic E-state index is 0. The van der Waals surface area contributed by atoms with Crippen molar-refractivity contribution < 1.29 is 84.3 Å². The average molecular weight is 1100 g/mol. The Morgan fingerprint density at radius 1 is 1.06 bits per heavy atom. The van der Waals surface area contributed by atoms with Crippen LogP contribution in [0.2, 0.25) is 0 Å². The molecule has 0 radical (unpaired) electrons. The Morgan fingerprint density at radius 2 is 1.71 bits per heavy atom. The smallest absolute Gasteiger partial charge is 0.749 e. The van der Waals surface area contributed by atoms with Gasteiger partial charge >= 0.3 is 42.1 Å². The van der Waals surface area contributed by atoms with Gasteiger partial charge < -0.3 is 21.8 Å². The second-order valence-corrected chi connectivity index (χ2v) is 4.54. The van der Waals surface area contributed by atoms with E-state index < -0.39 is 0 Å². The molecule has 0 bridgehead atoms. The Balaban J connectivity index is -0.0000000959. The van der Waals surface area contributed by atoms with Gasteiger partial charge in [0.05, 0.1) is 0 Å². The van der Waals surface area contributed by atoms with Gasteiger partial charge in [0.1, 0.15) is 11.6 Å². The van der Waals surface area contributed by atoms with E-state index in [1.54, 1.807) is 16.8 Å². The van der Waals surface area contributed by atoms with Crippen LogP contribution in [0, 0.1) is 26.3 Å². The van der Waals surface area contributed by atoms with Crippen molar-refractivity contribution in [1.29, 1.82) is 0 Å². The summed E-state index contributed by atoms with van der Waals surface area (Å²) in [5.74, 6) is 2.02. The van der Waals surface area contributed by atoms with Crippen LogP contribution in [0.5, 0.6) is 0 Å². The van der Waals surface area contributed by atoms with Crippen LogP contribution in [-0.2, 0) is 90.7 Å². The van der Waals surface area contributed by atoms with Gasteiger partial charge in [-0.25, -0.2) is 0 Å². The van der Waals surface area contributed by atoms with Crippen molar-refractivity contribution in [2.24, 2.45) is 0 Å². The van der Waals surface area contributed by atoms with Crippen molar-refractivity contribution in [3.8, 4) is 0 Å². The molecule has 0 fully saturated rings. The van der Waals surface area contributed by atoms with Gasteiger partial charge in [-0.05, 0) is 6.92 Å². The number of rotatable bonds is 2. The molecule has 1 aliphatic heterocycles. The van der Waals surface area contributed by atoms with Gasteiger partial charge in [-0.2, -0.15) is 18.3 Å². The molecule has 4 rings (SSSR count). The first-order valence-electron chi connectivity index (χ1n) is 9.04. The first kappa shape index (κ1) is 41.0. The number of allylic oxidation sites excluding steroid dienone is 1. The van der Waals surface area contributed by atoms with Gasteiger partial charge in [0.15, 0.2) is 0 Å². The molecule has 1 aliphatic rings. The molecule has 5 nitrogen and oxygen atoms in total. The normalized spacial score (nSPS) is 8.42. The molecule has 0 unspecified atom stereocenters. The molecule has 3 aromatic rings. The summed E-state index contributed by atoms with van der Waals surface area (Å²) in [4.78, 5) is 3.85. The maximum absolute atomic E-state index is 5.11. The molecule has 3 aromatic heterocycles. The molecular formula is C22H29N5W4. The molecule has 0 atom stereocenters. The predicted molar refractivity (Wildman–Crippen MR) is 113 cm³/mol. The number of nitrogens with zero attached hydrogens (tertiary/aromatic N) is 5. The van der Waals surface area contributed by atoms with E-state index in [2.05, 4.69) is 27.5 Å². The summed E-state index contributed by atoms with van der Waals surface area (Å²) in [7, 11) is 0. The van der Waals surface area contributed by atoms with Crippen molar-refractivity contribution in [3.05, 3.63) is 79.4 Å². The third-order valence-electron chi connectivity index (χ3n) is 2.97. The fourth-order valence-corrected chi connectivity index (χ4v) is 1.82. The van der Waals surface area contributed by atoms with Crippen LogP contribution in [0.25, 0.3) is 18.5 Å². The van der Waals surface area contributed by atoms with Gasteiger partial charge in [0.2, 0.25) is 0 Å². The zero-order chi connectivity index (χ0) is 20.5. The van der Waals surface area contributed by atoms with E-state index in [0.717, 1.165) is 23.8 Å². The molecule has 0 aromatic carbocycles. The SMILES string of the molecule is CC.CC.Cc1nnc2n1C=CC2.[CH-]=Cc1ccc[n-]1.[CH-]=Cn1[c-]ccc1.[W+2].[W+2].[W].[W]. The monoisotopic (exact) mass is 1100 g/mol. The second-order valence-electron chi connectivity index (χ2n) is 4.54. The Labute approximate surface area is 245 Å². The van der Waals surface area contributed by atoms with Crippen LogP contribution in [0.1, 0.15) is 45.0 Å². The van der Waals surface area contributed by atoms with Crippen LogP contribution < -0.4 is 4.98 Å². The topological polar surface area (TPSA) is 49.7 Å². The number of hydrogen-bond donors (Lipinski definition) is 0. The Kier molecular flexibility index (Phi) is 36.6. The van der Waals surface area contributed by atoms with Crippen molar-refractivity contribution in [3.63, 3.8) is 0 Å². The van der Waals surface area contributed by atoms with E-state index in [-0.39, 0.29) is 84.3 Å². The molecule has 9 heteroatoms. The fourth-order valence-electron chi connectivity index (χ4n) is 1.82. The minimum Gasteiger partial charge on any atom is -0.749 e. The summed E-state index contributed by atoms with van der Waals surface area (Å²) in [6.45, 7) is 20.2. The van der Waals surface area contributed by atoms with Crippen molar-refractivity contribution >= 4 is 18.5 Å². The summed E-state index contributed by atoms with van der Waals surface area (Å²) in [6, 6.07) is 7.35. The van der Waals surface area contributed by atoms with Gasteiger partial charge in [-0.3, -0.25) is 23.4 Å². The molecule has 0 amide bonds. The summed E-state index contributed by atoms with van der Waals surface area (Å²) in [6.07, 6.45) is 14.3. The van der Waals surface area contributed by atoms with E-state index >= 15 is 0 Å². The van der Waals surface area contributed by atoms with Crippen LogP contribution in [0.3, 0.4) is 0 Å². The molecule has 31 heavy (non-hydrogen) atoms. The maximum atomic E-state index is 5.11. The molecule has 0 saturated carbocycles. The van der Waals surface area contributed by atoms with Crippen molar-refractivity contribution in [2.45, 2.75) is 41.0 Å². The fraction of sp³-hybridized carbons (Fsp3) is 0.273. The zero-order valence-corrected chi connectivity index (χ0v) is 30.2. The molecule has 0 N–H and O–H groups in total. The number of aromatic nitrogens is 5. The Bertz CT molecular complexity index is 726. The first-order chi connectivity index (χ1) is 13.2. The van der Waals surface area contributed by atoms with Crippen molar-refractivity contribution in [2.75, 3.05) is 0 Å². The quantitative estimate of drug-likeness (QED) is 0.343. The molecule has 4 heterocycles. The first-order valence-corrected chi connectivity index (χ1v) is 9.04. The van der Waals surface area contributed by atoms with Crippen LogP contribution in [-0.4, -0.2) is 19.3 Å². The molecule has 0 aliphatic carbocycles. The summed E-state index contributed by atoms with van der Waals surface area (Å²) in [5, 5.41) is 7.85. The second kappa shape index (κ2) is 27.7. The van der Waals surface area contributed by atoms with Gasteiger partial charge in [0, 0.05) is 54.8 Å². The predicted octanol–water partition coefficient (Wildman–Crippen LogP) is 4.94. The van der Waals surface area contributed by atoms with Crippen molar-refractivity contribution in [1.82, 2.24) is 24.3 Å². The third kappa shape index (κ3) is 16.9. The van der Waals surface area contributed by atoms with E-state index in [9.17, 15) is 0 Å². The Morgan fingerprint density at radius 3 is 2.06 bits per heavy atom. The van der Waals surface area contributed by atoms with Crippen LogP contribution >= 0.6 is 0 Å². The van der Waals surface area contributed by atoms with Gasteiger partial charge in [-0.1, -0.05) is 40.0 Å². The zero-order valence-electron chi connectivity index (χ0n) is 18.5. The minimum atomic E-state index is 0. The molecule has 0 spiro atoms. The van der Waals surface area contributed by atoms with E-state index in [1.807, 2.05) is 69.8 Å². The number of aryl methyl sites for hydroxylation is 1. The number of hydrogen-bond acceptors (Lipinski definition) is 2. The summed E-state index contributed by atoms with van der Waals surface area (Å²) in [5.41, 5.74) is 0.833. The average Bonchev–Trinajstić information content (AvgIpc) is 3.52. The summed E-state index contributed by atoms with van der Waals surface area (Å²) >= 11 is 0. The van der Waals surface area contributed by atoms with Crippen LogP contribution in [0.4, 0.5) is 0 Å². The van der Waals surface area contributed by atoms with E-state index in [1.165, 1.54) is 12.3 Å². The third-order valence-corrected chi connectivity index (χ3v) is 2.97. The standard InChI is InChI=1S/C6H7N3.2C6H5N.2C2H6.4W/c1-5-7-8-6-3-2-4-9(5)6;1-2-7-5-3-4-6-7;1-2-6-4-3-5-7-6;2*1-2;;;;/h2,4H,3H2,1H3;2*1-5H;2*1-2H3;;;;/q;2*-2;;;;;2*+2. The molecule has 166 valence electrons. The molecular weight excluding hydrogens is 1070 g/mol. The maximum Gasteiger partial charge on any atom is 2.00 e. The van der Waals surface area contributed by atoms with E-state index in [4.69, 9.17) is 13.2 Å². The molecule has 0 saturated heterocycles. The number of fused-ring (bicyclic) bond motifs is 1. The van der Waals surface area contributed by atoms with E-state index in [0.29, 0.717) is 0 Å². The Hall–Kier alpha value is -0.327. The summed E-state index contributed by atoms with van der Waals surface area (Å²) < 4.78 is 3.65. The largest absolute Gasteiger partial charge is 2.00 e. The van der Waals surface area contributed by atoms with Crippen LogP contribution in [0.15, 0.2) is 42.7 Å². The van der Waals surface area contributed by atoms with Gasteiger partial charge in [0.25, 0.3) is 0 Å². The van der Waals surface area contributed by atoms with Gasteiger partial charge in [-0.15, -0.1) is 28.5 Å².